The van der Waals surface area contributed by atoms with Crippen LogP contribution in [0.3, 0.4) is 0 Å². The van der Waals surface area contributed by atoms with Crippen molar-refractivity contribution >= 4 is 39.1 Å². The first-order chi connectivity index (χ1) is 8.97. The van der Waals surface area contributed by atoms with Gasteiger partial charge in [0.25, 0.3) is 0 Å². The van der Waals surface area contributed by atoms with Crippen LogP contribution in [0.25, 0.3) is 0 Å². The Morgan fingerprint density at radius 3 is 2.68 bits per heavy atom. The molecule has 1 aromatic rings. The maximum absolute atomic E-state index is 12.0. The fourth-order valence-electron chi connectivity index (χ4n) is 1.51. The second-order valence-electron chi connectivity index (χ2n) is 4.13. The van der Waals surface area contributed by atoms with Gasteiger partial charge in [-0.15, -0.1) is 0 Å². The van der Waals surface area contributed by atoms with E-state index in [0.717, 1.165) is 25.0 Å². The van der Waals surface area contributed by atoms with E-state index in [2.05, 4.69) is 11.0 Å². The monoisotopic (exact) mass is 322 g/mol. The normalized spacial score (nSPS) is 11.7. The second kappa shape index (κ2) is 7.99. The zero-order chi connectivity index (χ0) is 14.3. The van der Waals surface area contributed by atoms with Crippen LogP contribution in [0.4, 0.5) is 5.69 Å². The van der Waals surface area contributed by atoms with E-state index in [9.17, 15) is 8.42 Å². The molecule has 0 spiro atoms. The maximum atomic E-state index is 12.0. The molecule has 0 saturated carbocycles. The first-order valence-electron chi connectivity index (χ1n) is 6.01. The number of nitrogens with two attached hydrogens (primary N) is 1. The Bertz CT molecular complexity index is 506. The highest BCUT2D eigenvalue weighted by molar-refractivity contribution is 7.98. The highest BCUT2D eigenvalue weighted by Crippen LogP contribution is 2.22. The summed E-state index contributed by atoms with van der Waals surface area (Å²) in [6, 6.07) is 4.32. The van der Waals surface area contributed by atoms with Crippen molar-refractivity contribution in [2.45, 2.75) is 24.2 Å². The quantitative estimate of drug-likeness (QED) is 0.570. The van der Waals surface area contributed by atoms with Gasteiger partial charge in [-0.1, -0.05) is 18.0 Å². The summed E-state index contributed by atoms with van der Waals surface area (Å²) in [4.78, 5) is 0.149. The summed E-state index contributed by atoms with van der Waals surface area (Å²) in [6.45, 7) is 0.443. The molecule has 0 aromatic heterocycles. The van der Waals surface area contributed by atoms with Gasteiger partial charge in [0.2, 0.25) is 10.0 Å². The Balaban J connectivity index is 2.49. The van der Waals surface area contributed by atoms with Crippen molar-refractivity contribution in [1.82, 2.24) is 4.72 Å². The van der Waals surface area contributed by atoms with Crippen molar-refractivity contribution in [3.8, 4) is 0 Å². The molecule has 0 heterocycles. The lowest BCUT2D eigenvalue weighted by atomic mass is 10.2. The third kappa shape index (κ3) is 5.60. The van der Waals surface area contributed by atoms with E-state index in [1.54, 1.807) is 11.8 Å². The van der Waals surface area contributed by atoms with Crippen LogP contribution in [0.1, 0.15) is 19.3 Å². The van der Waals surface area contributed by atoms with Gasteiger partial charge in [-0.2, -0.15) is 11.8 Å². The molecule has 0 bridgehead atoms. The average molecular weight is 323 g/mol. The molecule has 4 nitrogen and oxygen atoms in total. The first kappa shape index (κ1) is 16.6. The van der Waals surface area contributed by atoms with Crippen LogP contribution in [0.15, 0.2) is 23.1 Å². The minimum absolute atomic E-state index is 0.149. The van der Waals surface area contributed by atoms with E-state index in [1.807, 2.05) is 0 Å². The Labute approximate surface area is 124 Å². The van der Waals surface area contributed by atoms with Crippen molar-refractivity contribution in [3.63, 3.8) is 0 Å². The maximum Gasteiger partial charge on any atom is 0.240 e. The van der Waals surface area contributed by atoms with Crippen molar-refractivity contribution in [1.29, 1.82) is 0 Å². The number of anilines is 1. The summed E-state index contributed by atoms with van der Waals surface area (Å²) in [7, 11) is -3.49. The number of halogens is 1. The molecule has 108 valence electrons. The predicted octanol–water partition coefficient (Wildman–Crippen LogP) is 2.73. The van der Waals surface area contributed by atoms with Gasteiger partial charge >= 0.3 is 0 Å². The van der Waals surface area contributed by atoms with Crippen LogP contribution < -0.4 is 10.5 Å². The summed E-state index contributed by atoms with van der Waals surface area (Å²) < 4.78 is 26.5. The molecular weight excluding hydrogens is 304 g/mol. The lowest BCUT2D eigenvalue weighted by molar-refractivity contribution is 0.576. The largest absolute Gasteiger partial charge is 0.398 e. The van der Waals surface area contributed by atoms with Gasteiger partial charge in [-0.05, 0) is 43.0 Å². The molecule has 0 unspecified atom stereocenters. The van der Waals surface area contributed by atoms with E-state index in [1.165, 1.54) is 18.2 Å². The highest BCUT2D eigenvalue weighted by Gasteiger charge is 2.14. The summed E-state index contributed by atoms with van der Waals surface area (Å²) in [5.74, 6) is 1.11. The lowest BCUT2D eigenvalue weighted by Crippen LogP contribution is -2.24. The van der Waals surface area contributed by atoms with Crippen LogP contribution in [0.5, 0.6) is 0 Å². The molecule has 19 heavy (non-hydrogen) atoms. The van der Waals surface area contributed by atoms with Crippen molar-refractivity contribution in [2.24, 2.45) is 0 Å². The molecule has 0 radical (unpaired) electrons. The minimum atomic E-state index is -3.49. The standard InChI is InChI=1S/C12H19ClN2O2S2/c1-18-8-4-2-3-7-15-19(16,17)10-5-6-12(14)11(13)9-10/h5-6,9,15H,2-4,7-8,14H2,1H3. The van der Waals surface area contributed by atoms with Gasteiger partial charge < -0.3 is 5.73 Å². The molecule has 0 amide bonds. The smallest absolute Gasteiger partial charge is 0.240 e. The van der Waals surface area contributed by atoms with E-state index in [-0.39, 0.29) is 9.92 Å². The van der Waals surface area contributed by atoms with Crippen LogP contribution >= 0.6 is 23.4 Å². The highest BCUT2D eigenvalue weighted by atomic mass is 35.5. The molecule has 0 aliphatic rings. The zero-order valence-corrected chi connectivity index (χ0v) is 13.2. The predicted molar refractivity (Wildman–Crippen MR) is 83.3 cm³/mol. The molecule has 0 aliphatic heterocycles. The van der Waals surface area contributed by atoms with E-state index >= 15 is 0 Å². The second-order valence-corrected chi connectivity index (χ2v) is 7.29. The number of hydrogen-bond acceptors (Lipinski definition) is 4. The number of nitrogens with one attached hydrogen (secondary N) is 1. The number of sulfonamides is 1. The molecule has 0 saturated heterocycles. The van der Waals surface area contributed by atoms with E-state index in [4.69, 9.17) is 17.3 Å². The molecule has 1 rings (SSSR count). The van der Waals surface area contributed by atoms with E-state index < -0.39 is 10.0 Å². The number of hydrogen-bond donors (Lipinski definition) is 2. The van der Waals surface area contributed by atoms with Crippen molar-refractivity contribution in [3.05, 3.63) is 23.2 Å². The summed E-state index contributed by atoms with van der Waals surface area (Å²) in [6.07, 6.45) is 5.03. The van der Waals surface area contributed by atoms with Crippen LogP contribution in [-0.2, 0) is 10.0 Å². The zero-order valence-electron chi connectivity index (χ0n) is 10.9. The van der Waals surface area contributed by atoms with Crippen LogP contribution in [0, 0.1) is 0 Å². The summed E-state index contributed by atoms with van der Waals surface area (Å²) in [5.41, 5.74) is 5.92. The summed E-state index contributed by atoms with van der Waals surface area (Å²) >= 11 is 7.62. The Hall–Kier alpha value is -0.430. The minimum Gasteiger partial charge on any atom is -0.398 e. The topological polar surface area (TPSA) is 72.2 Å². The number of thioether (sulfide) groups is 1. The van der Waals surface area contributed by atoms with E-state index in [0.29, 0.717) is 12.2 Å². The number of rotatable bonds is 8. The Kier molecular flexibility index (Phi) is 6.99. The Morgan fingerprint density at radius 1 is 1.32 bits per heavy atom. The van der Waals surface area contributed by atoms with Crippen LogP contribution in [-0.4, -0.2) is 27.0 Å². The number of unbranched alkanes of at least 4 members (excludes halogenated alkanes) is 2. The molecule has 0 fully saturated rings. The van der Waals surface area contributed by atoms with Crippen LogP contribution in [0.2, 0.25) is 5.02 Å². The fourth-order valence-corrected chi connectivity index (χ4v) is 3.35. The summed E-state index contributed by atoms with van der Waals surface area (Å²) in [5, 5.41) is 0.253. The molecule has 3 N–H and O–H groups in total. The molecule has 1 aromatic carbocycles. The van der Waals surface area contributed by atoms with Gasteiger partial charge in [0.05, 0.1) is 15.6 Å². The third-order valence-electron chi connectivity index (χ3n) is 2.60. The van der Waals surface area contributed by atoms with Crippen molar-refractivity contribution in [2.75, 3.05) is 24.3 Å². The Morgan fingerprint density at radius 2 is 2.05 bits per heavy atom. The average Bonchev–Trinajstić information content (AvgIpc) is 2.36. The fraction of sp³-hybridized carbons (Fsp3) is 0.500. The molecule has 0 atom stereocenters. The van der Waals surface area contributed by atoms with Gasteiger partial charge in [-0.3, -0.25) is 0 Å². The van der Waals surface area contributed by atoms with Gasteiger partial charge in [0.15, 0.2) is 0 Å². The third-order valence-corrected chi connectivity index (χ3v) is 5.08. The SMILES string of the molecule is CSCCCCCNS(=O)(=O)c1ccc(N)c(Cl)c1. The van der Waals surface area contributed by atoms with Gasteiger partial charge in [-0.25, -0.2) is 13.1 Å². The van der Waals surface area contributed by atoms with Gasteiger partial charge in [0.1, 0.15) is 0 Å². The molecule has 7 heteroatoms. The van der Waals surface area contributed by atoms with Crippen molar-refractivity contribution < 1.29 is 8.42 Å². The lowest BCUT2D eigenvalue weighted by Gasteiger charge is -2.07. The first-order valence-corrected chi connectivity index (χ1v) is 9.26. The number of benzene rings is 1. The molecule has 0 aliphatic carbocycles. The van der Waals surface area contributed by atoms with Gasteiger partial charge in [0, 0.05) is 6.54 Å². The molecular formula is C12H19ClN2O2S2. The number of nitrogen functional groups attached to an aromatic ring is 1.